The van der Waals surface area contributed by atoms with Gasteiger partial charge in [-0.25, -0.2) is 34.0 Å². The van der Waals surface area contributed by atoms with Crippen LogP contribution in [0.1, 0.15) is 25.0 Å². The van der Waals surface area contributed by atoms with Crippen molar-refractivity contribution in [2.45, 2.75) is 27.7 Å². The minimum absolute atomic E-state index is 0. The van der Waals surface area contributed by atoms with Gasteiger partial charge in [0.05, 0.1) is 0 Å². The van der Waals surface area contributed by atoms with Gasteiger partial charge in [0.1, 0.15) is 0 Å². The van der Waals surface area contributed by atoms with E-state index in [4.69, 9.17) is 0 Å². The van der Waals surface area contributed by atoms with Crippen molar-refractivity contribution in [3.8, 4) is 45.6 Å². The second kappa shape index (κ2) is 18.2. The molecule has 0 spiro atoms. The van der Waals surface area contributed by atoms with E-state index in [1.807, 2.05) is 113 Å². The third-order valence-corrected chi connectivity index (χ3v) is 5.60. The van der Waals surface area contributed by atoms with Crippen LogP contribution in [0, 0.1) is 26.0 Å². The zero-order chi connectivity index (χ0) is 28.2. The molecule has 207 valence electrons. The summed E-state index contributed by atoms with van der Waals surface area (Å²) >= 11 is 0. The Morgan fingerprint density at radius 2 is 0.833 bits per heavy atom. The van der Waals surface area contributed by atoms with Gasteiger partial charge in [-0.1, -0.05) is 92.7 Å². The van der Waals surface area contributed by atoms with Crippen LogP contribution in [-0.4, -0.2) is 40.8 Å². The normalized spacial score (nSPS) is 9.52. The van der Waals surface area contributed by atoms with E-state index >= 15 is 0 Å². The minimum Gasteiger partial charge on any atom is -0.278 e. The molecule has 8 nitrogen and oxygen atoms in total. The van der Waals surface area contributed by atoms with Gasteiger partial charge in [0, 0.05) is 76.3 Å². The molecule has 0 atom stereocenters. The van der Waals surface area contributed by atoms with Gasteiger partial charge in [-0.3, -0.25) is 12.1 Å². The van der Waals surface area contributed by atoms with Crippen LogP contribution < -0.4 is 0 Å². The van der Waals surface area contributed by atoms with Crippen molar-refractivity contribution >= 4 is 0 Å². The standard InChI is InChI=1S/C16H12N4.C14H10N4.C2H6.W.Y/c1-11-7-6-8-12(2)14(11)16-19-17-15(18-20-16)13-9-4-3-5-10-13;1-3-7-11(8-4-1)13-15-17-14(18-16-13)12-9-5-2-6-10-12;1-2;;/h3-8H,1-2H3;1-10H;1-2H3;;/q-2;;;;. The van der Waals surface area contributed by atoms with Crippen LogP contribution in [-0.2, 0) is 53.8 Å². The number of nitrogens with zero attached hydrogens (tertiary/aromatic N) is 8. The Hall–Kier alpha value is -3.45. The van der Waals surface area contributed by atoms with E-state index in [2.05, 4.69) is 52.9 Å². The summed E-state index contributed by atoms with van der Waals surface area (Å²) < 4.78 is 0. The molecule has 4 aromatic carbocycles. The van der Waals surface area contributed by atoms with Crippen molar-refractivity contribution in [1.82, 2.24) is 40.8 Å². The van der Waals surface area contributed by atoms with Gasteiger partial charge < -0.3 is 0 Å². The maximum Gasteiger partial charge on any atom is 0.203 e. The first kappa shape index (κ1) is 34.8. The van der Waals surface area contributed by atoms with Crippen LogP contribution in [0.3, 0.4) is 0 Å². The molecule has 0 aliphatic rings. The van der Waals surface area contributed by atoms with Crippen LogP contribution in [0.2, 0.25) is 0 Å². The van der Waals surface area contributed by atoms with Crippen LogP contribution in [0.5, 0.6) is 0 Å². The number of aromatic nitrogens is 8. The molecular formula is C32H28N8WY-2. The van der Waals surface area contributed by atoms with E-state index in [1.165, 1.54) is 0 Å². The number of rotatable bonds is 4. The number of benzene rings is 4. The maximum atomic E-state index is 4.18. The predicted molar refractivity (Wildman–Crippen MR) is 155 cm³/mol. The number of hydrogen-bond acceptors (Lipinski definition) is 8. The molecule has 2 aromatic heterocycles. The molecule has 1 radical (unpaired) electrons. The third kappa shape index (κ3) is 9.28. The molecule has 6 rings (SSSR count). The van der Waals surface area contributed by atoms with Crippen molar-refractivity contribution in [3.05, 3.63) is 120 Å². The SMILES string of the molecule is CC.Cc1cccc(C)c1-c1nnc(-c2[c-]ccc[c-]2)nn1.[W].[Y].c1ccc(-c2nnc(-c3ccccc3)nn2)cc1. The quantitative estimate of drug-likeness (QED) is 0.188. The van der Waals surface area contributed by atoms with Crippen molar-refractivity contribution < 1.29 is 53.8 Å². The van der Waals surface area contributed by atoms with Crippen LogP contribution in [0.4, 0.5) is 0 Å². The van der Waals surface area contributed by atoms with Crippen molar-refractivity contribution in [2.24, 2.45) is 0 Å². The smallest absolute Gasteiger partial charge is 0.203 e. The van der Waals surface area contributed by atoms with Gasteiger partial charge in [0.2, 0.25) is 17.5 Å². The molecule has 6 aromatic rings. The second-order valence-corrected chi connectivity index (χ2v) is 8.28. The zero-order valence-corrected chi connectivity index (χ0v) is 29.6. The molecule has 10 heteroatoms. The Morgan fingerprint density at radius 3 is 1.26 bits per heavy atom. The Bertz CT molecular complexity index is 1530. The fraction of sp³-hybridized carbons (Fsp3) is 0.125. The molecule has 0 aliphatic heterocycles. The van der Waals surface area contributed by atoms with Crippen molar-refractivity contribution in [3.63, 3.8) is 0 Å². The van der Waals surface area contributed by atoms with Gasteiger partial charge in [-0.15, -0.1) is 30.6 Å². The van der Waals surface area contributed by atoms with Crippen molar-refractivity contribution in [1.29, 1.82) is 0 Å². The van der Waals surface area contributed by atoms with Crippen molar-refractivity contribution in [2.75, 3.05) is 0 Å². The predicted octanol–water partition coefficient (Wildman–Crippen LogP) is 6.44. The fourth-order valence-corrected chi connectivity index (χ4v) is 3.71. The summed E-state index contributed by atoms with van der Waals surface area (Å²) in [4.78, 5) is 0. The van der Waals surface area contributed by atoms with E-state index in [-0.39, 0.29) is 53.8 Å². The zero-order valence-electron chi connectivity index (χ0n) is 23.8. The molecule has 2 heterocycles. The molecule has 0 unspecified atom stereocenters. The Balaban J connectivity index is 0.000000266. The Morgan fingerprint density at radius 1 is 0.452 bits per heavy atom. The average Bonchev–Trinajstić information content (AvgIpc) is 3.04. The number of aryl methyl sites for hydroxylation is 2. The molecule has 0 amide bonds. The van der Waals surface area contributed by atoms with Gasteiger partial charge in [0.15, 0.2) is 0 Å². The molecule has 0 fully saturated rings. The summed E-state index contributed by atoms with van der Waals surface area (Å²) in [5.74, 6) is 2.05. The van der Waals surface area contributed by atoms with E-state index in [0.29, 0.717) is 28.9 Å². The summed E-state index contributed by atoms with van der Waals surface area (Å²) in [6.45, 7) is 8.05. The van der Waals surface area contributed by atoms with Gasteiger partial charge in [-0.2, -0.15) is 0 Å². The molecular weight excluding hydrogens is 769 g/mol. The summed E-state index contributed by atoms with van der Waals surface area (Å²) in [5, 5.41) is 33.0. The summed E-state index contributed by atoms with van der Waals surface area (Å²) in [6.07, 6.45) is 0. The van der Waals surface area contributed by atoms with Gasteiger partial charge in [-0.05, 0) is 25.0 Å². The monoisotopic (exact) mass is 797 g/mol. The summed E-state index contributed by atoms with van der Waals surface area (Å²) in [5.41, 5.74) is 5.70. The molecule has 42 heavy (non-hydrogen) atoms. The van der Waals surface area contributed by atoms with E-state index in [0.717, 1.165) is 27.8 Å². The third-order valence-electron chi connectivity index (χ3n) is 5.60. The van der Waals surface area contributed by atoms with Crippen LogP contribution in [0.15, 0.2) is 97.1 Å². The number of hydrogen-bond donors (Lipinski definition) is 0. The first-order valence-electron chi connectivity index (χ1n) is 12.9. The Kier molecular flexibility index (Phi) is 15.0. The van der Waals surface area contributed by atoms with E-state index in [9.17, 15) is 0 Å². The summed E-state index contributed by atoms with van der Waals surface area (Å²) in [7, 11) is 0. The molecule has 0 aliphatic carbocycles. The topological polar surface area (TPSA) is 103 Å². The van der Waals surface area contributed by atoms with Crippen LogP contribution >= 0.6 is 0 Å². The molecule has 0 N–H and O–H groups in total. The molecule has 0 bridgehead atoms. The first-order chi connectivity index (χ1) is 19.7. The summed E-state index contributed by atoms with van der Waals surface area (Å²) in [6, 6.07) is 36.8. The Labute approximate surface area is 286 Å². The van der Waals surface area contributed by atoms with E-state index < -0.39 is 0 Å². The van der Waals surface area contributed by atoms with Gasteiger partial charge in [0.25, 0.3) is 0 Å². The van der Waals surface area contributed by atoms with Gasteiger partial charge >= 0.3 is 0 Å². The minimum atomic E-state index is 0. The molecule has 0 saturated heterocycles. The largest absolute Gasteiger partial charge is 0.278 e. The first-order valence-corrected chi connectivity index (χ1v) is 12.9. The fourth-order valence-electron chi connectivity index (χ4n) is 3.71. The van der Waals surface area contributed by atoms with Crippen LogP contribution in [0.25, 0.3) is 45.6 Å². The molecule has 0 saturated carbocycles. The average molecular weight is 797 g/mol. The van der Waals surface area contributed by atoms with E-state index in [1.54, 1.807) is 12.1 Å². The maximum absolute atomic E-state index is 4.18. The second-order valence-electron chi connectivity index (χ2n) is 8.28.